The van der Waals surface area contributed by atoms with E-state index in [1.54, 1.807) is 7.11 Å². The molecule has 0 radical (unpaired) electrons. The smallest absolute Gasteiger partial charge is 0.410 e. The molecular formula is C16H32N2O3. The SMILES string of the molecule is COC(C)CNC(C)CC1CCCN1C(=O)OC(C)(C)C. The van der Waals surface area contributed by atoms with Crippen molar-refractivity contribution in [3.63, 3.8) is 0 Å². The minimum Gasteiger partial charge on any atom is -0.444 e. The number of nitrogens with one attached hydrogen (secondary N) is 1. The van der Waals surface area contributed by atoms with Crippen LogP contribution in [-0.4, -0.2) is 55.0 Å². The maximum absolute atomic E-state index is 12.2. The number of methoxy groups -OCH3 is 1. The second kappa shape index (κ2) is 7.99. The third kappa shape index (κ3) is 6.66. The molecule has 5 heteroatoms. The van der Waals surface area contributed by atoms with Gasteiger partial charge in [-0.3, -0.25) is 0 Å². The van der Waals surface area contributed by atoms with E-state index in [-0.39, 0.29) is 18.2 Å². The Kier molecular flexibility index (Phi) is 6.94. The van der Waals surface area contributed by atoms with Crippen LogP contribution in [0.3, 0.4) is 0 Å². The summed E-state index contributed by atoms with van der Waals surface area (Å²) in [7, 11) is 1.72. The monoisotopic (exact) mass is 300 g/mol. The summed E-state index contributed by atoms with van der Waals surface area (Å²) in [6.45, 7) is 11.6. The summed E-state index contributed by atoms with van der Waals surface area (Å²) in [5.41, 5.74) is -0.429. The van der Waals surface area contributed by atoms with Crippen LogP contribution in [0, 0.1) is 0 Å². The Hall–Kier alpha value is -0.810. The molecular weight excluding hydrogens is 268 g/mol. The number of hydrogen-bond donors (Lipinski definition) is 1. The molecule has 1 aliphatic rings. The first-order valence-corrected chi connectivity index (χ1v) is 7.98. The average Bonchev–Trinajstić information content (AvgIpc) is 2.82. The zero-order valence-corrected chi connectivity index (χ0v) is 14.4. The number of rotatable bonds is 6. The third-order valence-corrected chi connectivity index (χ3v) is 3.79. The minimum absolute atomic E-state index is 0.178. The summed E-state index contributed by atoms with van der Waals surface area (Å²) in [5, 5.41) is 3.46. The van der Waals surface area contributed by atoms with Crippen LogP contribution in [0.15, 0.2) is 0 Å². The van der Waals surface area contributed by atoms with E-state index in [9.17, 15) is 4.79 Å². The van der Waals surface area contributed by atoms with E-state index in [2.05, 4.69) is 12.2 Å². The molecule has 1 amide bonds. The zero-order chi connectivity index (χ0) is 16.0. The molecule has 3 atom stereocenters. The van der Waals surface area contributed by atoms with Crippen LogP contribution < -0.4 is 5.32 Å². The number of nitrogens with zero attached hydrogens (tertiary/aromatic N) is 1. The maximum Gasteiger partial charge on any atom is 0.410 e. The first kappa shape index (κ1) is 18.2. The molecule has 1 saturated heterocycles. The molecule has 5 nitrogen and oxygen atoms in total. The standard InChI is InChI=1S/C16H32N2O3/c1-12(17-11-13(2)20-6)10-14-8-7-9-18(14)15(19)21-16(3,4)5/h12-14,17H,7-11H2,1-6H3. The van der Waals surface area contributed by atoms with E-state index in [0.29, 0.717) is 6.04 Å². The van der Waals surface area contributed by atoms with Crippen LogP contribution in [0.2, 0.25) is 0 Å². The number of carbonyl (C=O) groups is 1. The lowest BCUT2D eigenvalue weighted by molar-refractivity contribution is 0.0213. The number of carbonyl (C=O) groups excluding carboxylic acids is 1. The van der Waals surface area contributed by atoms with Crippen molar-refractivity contribution in [2.45, 2.75) is 77.7 Å². The molecule has 0 aliphatic carbocycles. The van der Waals surface area contributed by atoms with Crippen molar-refractivity contribution in [2.24, 2.45) is 0 Å². The molecule has 1 N–H and O–H groups in total. The molecule has 0 aromatic heterocycles. The van der Waals surface area contributed by atoms with E-state index in [1.807, 2.05) is 32.6 Å². The Balaban J connectivity index is 2.44. The van der Waals surface area contributed by atoms with Crippen LogP contribution >= 0.6 is 0 Å². The lowest BCUT2D eigenvalue weighted by atomic mass is 10.1. The highest BCUT2D eigenvalue weighted by Crippen LogP contribution is 2.24. The number of ether oxygens (including phenoxy) is 2. The van der Waals surface area contributed by atoms with E-state index in [1.165, 1.54) is 0 Å². The highest BCUT2D eigenvalue weighted by atomic mass is 16.6. The van der Waals surface area contributed by atoms with Gasteiger partial charge in [0.2, 0.25) is 0 Å². The zero-order valence-electron chi connectivity index (χ0n) is 14.4. The van der Waals surface area contributed by atoms with Crippen LogP contribution in [-0.2, 0) is 9.47 Å². The van der Waals surface area contributed by atoms with E-state index in [0.717, 1.165) is 32.4 Å². The highest BCUT2D eigenvalue weighted by Gasteiger charge is 2.32. The molecule has 21 heavy (non-hydrogen) atoms. The van der Waals surface area contributed by atoms with Crippen molar-refractivity contribution in [1.29, 1.82) is 0 Å². The van der Waals surface area contributed by atoms with Gasteiger partial charge in [-0.25, -0.2) is 4.79 Å². The maximum atomic E-state index is 12.2. The molecule has 0 aromatic rings. The highest BCUT2D eigenvalue weighted by molar-refractivity contribution is 5.68. The summed E-state index contributed by atoms with van der Waals surface area (Å²) in [5.74, 6) is 0. The van der Waals surface area contributed by atoms with Crippen LogP contribution in [0.25, 0.3) is 0 Å². The second-order valence-electron chi connectivity index (χ2n) is 7.06. The summed E-state index contributed by atoms with van der Waals surface area (Å²) in [6, 6.07) is 0.635. The van der Waals surface area contributed by atoms with Gasteiger partial charge in [-0.1, -0.05) is 0 Å². The molecule has 0 aromatic carbocycles. The van der Waals surface area contributed by atoms with Gasteiger partial charge in [-0.2, -0.15) is 0 Å². The van der Waals surface area contributed by atoms with Gasteiger partial charge in [0.05, 0.1) is 6.10 Å². The van der Waals surface area contributed by atoms with Crippen molar-refractivity contribution in [3.8, 4) is 0 Å². The Morgan fingerprint density at radius 3 is 2.62 bits per heavy atom. The Labute approximate surface area is 129 Å². The van der Waals surface area contributed by atoms with Gasteiger partial charge in [-0.05, 0) is 53.9 Å². The van der Waals surface area contributed by atoms with Gasteiger partial charge in [0.25, 0.3) is 0 Å². The summed E-state index contributed by atoms with van der Waals surface area (Å²) >= 11 is 0. The van der Waals surface area contributed by atoms with Crippen molar-refractivity contribution in [2.75, 3.05) is 20.2 Å². The fraction of sp³-hybridized carbons (Fsp3) is 0.938. The first-order chi connectivity index (χ1) is 9.73. The van der Waals surface area contributed by atoms with Gasteiger partial charge in [-0.15, -0.1) is 0 Å². The molecule has 3 unspecified atom stereocenters. The first-order valence-electron chi connectivity index (χ1n) is 7.98. The minimum atomic E-state index is -0.429. The predicted octanol–water partition coefficient (Wildman–Crippen LogP) is 2.79. The van der Waals surface area contributed by atoms with E-state index < -0.39 is 5.60 Å². The van der Waals surface area contributed by atoms with Crippen molar-refractivity contribution in [1.82, 2.24) is 10.2 Å². The lowest BCUT2D eigenvalue weighted by Gasteiger charge is -2.30. The molecule has 0 spiro atoms. The second-order valence-corrected chi connectivity index (χ2v) is 7.06. The Morgan fingerprint density at radius 2 is 2.05 bits per heavy atom. The van der Waals surface area contributed by atoms with Gasteiger partial charge >= 0.3 is 6.09 Å². The third-order valence-electron chi connectivity index (χ3n) is 3.79. The lowest BCUT2D eigenvalue weighted by Crippen LogP contribution is -2.43. The van der Waals surface area contributed by atoms with Crippen LogP contribution in [0.5, 0.6) is 0 Å². The summed E-state index contributed by atoms with van der Waals surface area (Å²) < 4.78 is 10.7. The number of amides is 1. The molecule has 0 saturated carbocycles. The average molecular weight is 300 g/mol. The van der Waals surface area contributed by atoms with Crippen molar-refractivity contribution in [3.05, 3.63) is 0 Å². The number of hydrogen-bond acceptors (Lipinski definition) is 4. The summed E-state index contributed by atoms with van der Waals surface area (Å²) in [4.78, 5) is 14.1. The van der Waals surface area contributed by atoms with Crippen LogP contribution in [0.4, 0.5) is 4.79 Å². The van der Waals surface area contributed by atoms with Gasteiger partial charge in [0.15, 0.2) is 0 Å². The fourth-order valence-electron chi connectivity index (χ4n) is 2.58. The number of likely N-dealkylation sites (tertiary alicyclic amines) is 1. The normalized spacial score (nSPS) is 22.2. The Bertz CT molecular complexity index is 328. The van der Waals surface area contributed by atoms with Crippen molar-refractivity contribution < 1.29 is 14.3 Å². The fourth-order valence-corrected chi connectivity index (χ4v) is 2.58. The molecule has 1 aliphatic heterocycles. The largest absolute Gasteiger partial charge is 0.444 e. The van der Waals surface area contributed by atoms with Gasteiger partial charge in [0.1, 0.15) is 5.60 Å². The predicted molar refractivity (Wildman–Crippen MR) is 84.5 cm³/mol. The molecule has 124 valence electrons. The van der Waals surface area contributed by atoms with Crippen molar-refractivity contribution >= 4 is 6.09 Å². The van der Waals surface area contributed by atoms with Crippen LogP contribution in [0.1, 0.15) is 53.9 Å². The topological polar surface area (TPSA) is 50.8 Å². The quantitative estimate of drug-likeness (QED) is 0.819. The molecule has 1 heterocycles. The summed E-state index contributed by atoms with van der Waals surface area (Å²) in [6.07, 6.45) is 3.10. The molecule has 1 rings (SSSR count). The molecule has 1 fully saturated rings. The Morgan fingerprint density at radius 1 is 1.38 bits per heavy atom. The van der Waals surface area contributed by atoms with E-state index >= 15 is 0 Å². The van der Waals surface area contributed by atoms with Gasteiger partial charge in [0, 0.05) is 32.3 Å². The van der Waals surface area contributed by atoms with E-state index in [4.69, 9.17) is 9.47 Å². The van der Waals surface area contributed by atoms with Gasteiger partial charge < -0.3 is 19.7 Å². The molecule has 0 bridgehead atoms.